The molecule has 1 aliphatic rings. The third kappa shape index (κ3) is 3.22. The summed E-state index contributed by atoms with van der Waals surface area (Å²) >= 11 is 7.01. The highest BCUT2D eigenvalue weighted by molar-refractivity contribution is 7.98. The van der Waals surface area contributed by atoms with E-state index >= 15 is 0 Å². The molecule has 0 aliphatic carbocycles. The lowest BCUT2D eigenvalue weighted by Crippen LogP contribution is -2.13. The Morgan fingerprint density at radius 3 is 2.83 bits per heavy atom. The van der Waals surface area contributed by atoms with Gasteiger partial charge in [0.1, 0.15) is 16.8 Å². The lowest BCUT2D eigenvalue weighted by atomic mass is 9.97. The Morgan fingerprint density at radius 2 is 2.09 bits per heavy atom. The molecule has 0 saturated heterocycles. The maximum Gasteiger partial charge on any atom is 0.138 e. The van der Waals surface area contributed by atoms with Gasteiger partial charge in [-0.15, -0.1) is 11.8 Å². The first-order chi connectivity index (χ1) is 11.1. The van der Waals surface area contributed by atoms with Crippen LogP contribution in [0.3, 0.4) is 0 Å². The summed E-state index contributed by atoms with van der Waals surface area (Å²) in [5, 5.41) is 3.28. The minimum absolute atomic E-state index is 0.208. The van der Waals surface area contributed by atoms with E-state index in [9.17, 15) is 0 Å². The topological polar surface area (TPSA) is 30.5 Å². The fourth-order valence-corrected chi connectivity index (χ4v) is 3.60. The van der Waals surface area contributed by atoms with Crippen LogP contribution in [0, 0.1) is 6.92 Å². The van der Waals surface area contributed by atoms with Gasteiger partial charge >= 0.3 is 0 Å². The zero-order valence-corrected chi connectivity index (χ0v) is 15.0. The van der Waals surface area contributed by atoms with Crippen molar-refractivity contribution in [2.24, 2.45) is 0 Å². The van der Waals surface area contributed by atoms with Gasteiger partial charge in [0, 0.05) is 21.7 Å². The Morgan fingerprint density at radius 1 is 1.26 bits per heavy atom. The third-order valence-electron chi connectivity index (χ3n) is 3.86. The van der Waals surface area contributed by atoms with Crippen molar-refractivity contribution >= 4 is 34.7 Å². The van der Waals surface area contributed by atoms with Gasteiger partial charge in [0.15, 0.2) is 0 Å². The SMILES string of the molecule is COc1c(SC)cccc1[C@H]1OCC(=S)Nc2ccc(C)cc21. The summed E-state index contributed by atoms with van der Waals surface area (Å²) in [7, 11) is 1.70. The Labute approximate surface area is 146 Å². The van der Waals surface area contributed by atoms with Gasteiger partial charge in [0.25, 0.3) is 0 Å². The molecule has 2 aromatic rings. The van der Waals surface area contributed by atoms with Crippen molar-refractivity contribution in [2.75, 3.05) is 25.3 Å². The van der Waals surface area contributed by atoms with Crippen LogP contribution in [0.4, 0.5) is 5.69 Å². The highest BCUT2D eigenvalue weighted by Crippen LogP contribution is 2.41. The summed E-state index contributed by atoms with van der Waals surface area (Å²) in [6.45, 7) is 2.47. The molecule has 0 unspecified atom stereocenters. The minimum atomic E-state index is -0.208. The molecule has 3 rings (SSSR count). The molecular formula is C18H19NO2S2. The number of thioether (sulfide) groups is 1. The number of methoxy groups -OCH3 is 1. The maximum atomic E-state index is 6.13. The molecule has 2 aromatic carbocycles. The van der Waals surface area contributed by atoms with Crippen molar-refractivity contribution in [2.45, 2.75) is 17.9 Å². The molecule has 3 nitrogen and oxygen atoms in total. The van der Waals surface area contributed by atoms with E-state index in [-0.39, 0.29) is 6.10 Å². The molecule has 1 atom stereocenters. The molecule has 0 saturated carbocycles. The summed E-state index contributed by atoms with van der Waals surface area (Å²) in [5.41, 5.74) is 4.30. The summed E-state index contributed by atoms with van der Waals surface area (Å²) < 4.78 is 11.8. The average molecular weight is 345 g/mol. The Kier molecular flexibility index (Phi) is 4.90. The standard InChI is InChI=1S/C18H19NO2S2/c1-11-7-8-14-13(9-11)17(21-10-16(22)19-14)12-5-4-6-15(23-3)18(12)20-2/h4-9,17H,10H2,1-3H3,(H,19,22)/t17-/m1/s1. The van der Waals surface area contributed by atoms with Crippen LogP contribution in [0.25, 0.3) is 0 Å². The minimum Gasteiger partial charge on any atom is -0.495 e. The van der Waals surface area contributed by atoms with Gasteiger partial charge in [-0.3, -0.25) is 0 Å². The Balaban J connectivity index is 2.17. The fourth-order valence-electron chi connectivity index (χ4n) is 2.82. The van der Waals surface area contributed by atoms with Crippen molar-refractivity contribution < 1.29 is 9.47 Å². The van der Waals surface area contributed by atoms with Crippen LogP contribution in [0.2, 0.25) is 0 Å². The zero-order chi connectivity index (χ0) is 16.4. The molecule has 0 radical (unpaired) electrons. The second kappa shape index (κ2) is 6.91. The van der Waals surface area contributed by atoms with Crippen LogP contribution >= 0.6 is 24.0 Å². The van der Waals surface area contributed by atoms with E-state index in [0.29, 0.717) is 11.6 Å². The molecule has 1 aliphatic heterocycles. The summed E-state index contributed by atoms with van der Waals surface area (Å²) in [6, 6.07) is 12.4. The predicted molar refractivity (Wildman–Crippen MR) is 100.0 cm³/mol. The van der Waals surface area contributed by atoms with Gasteiger partial charge in [-0.2, -0.15) is 0 Å². The molecule has 0 amide bonds. The van der Waals surface area contributed by atoms with Gasteiger partial charge < -0.3 is 14.8 Å². The quantitative estimate of drug-likeness (QED) is 0.650. The molecule has 0 spiro atoms. The number of benzene rings is 2. The van der Waals surface area contributed by atoms with Crippen LogP contribution in [0.15, 0.2) is 41.3 Å². The summed E-state index contributed by atoms with van der Waals surface area (Å²) in [5.74, 6) is 0.866. The third-order valence-corrected chi connectivity index (χ3v) is 4.84. The smallest absolute Gasteiger partial charge is 0.138 e. The molecule has 23 heavy (non-hydrogen) atoms. The van der Waals surface area contributed by atoms with Crippen LogP contribution in [0.1, 0.15) is 22.8 Å². The molecule has 0 bridgehead atoms. The Hall–Kier alpha value is -1.56. The number of ether oxygens (including phenoxy) is 2. The van der Waals surface area contributed by atoms with E-state index in [4.69, 9.17) is 21.7 Å². The van der Waals surface area contributed by atoms with E-state index in [1.165, 1.54) is 5.56 Å². The number of thiocarbonyl (C=S) groups is 1. The number of nitrogens with one attached hydrogen (secondary N) is 1. The predicted octanol–water partition coefficient (Wildman–Crippen LogP) is 4.58. The second-order valence-corrected chi connectivity index (χ2v) is 6.75. The first-order valence-electron chi connectivity index (χ1n) is 7.37. The number of rotatable bonds is 3. The highest BCUT2D eigenvalue weighted by atomic mass is 32.2. The van der Waals surface area contributed by atoms with Gasteiger partial charge in [0.05, 0.1) is 13.7 Å². The lowest BCUT2D eigenvalue weighted by Gasteiger charge is -2.22. The molecule has 0 aromatic heterocycles. The number of hydrogen-bond donors (Lipinski definition) is 1. The molecule has 1 N–H and O–H groups in total. The number of anilines is 1. The highest BCUT2D eigenvalue weighted by Gasteiger charge is 2.26. The summed E-state index contributed by atoms with van der Waals surface area (Å²) in [4.78, 5) is 1.79. The zero-order valence-electron chi connectivity index (χ0n) is 13.4. The first kappa shape index (κ1) is 16.3. The fraction of sp³-hybridized carbons (Fsp3) is 0.278. The van der Waals surface area contributed by atoms with Gasteiger partial charge in [-0.1, -0.05) is 42.0 Å². The average Bonchev–Trinajstić information content (AvgIpc) is 2.72. The van der Waals surface area contributed by atoms with Crippen LogP contribution < -0.4 is 10.1 Å². The van der Waals surface area contributed by atoms with E-state index in [1.54, 1.807) is 18.9 Å². The first-order valence-corrected chi connectivity index (χ1v) is 9.00. The monoisotopic (exact) mass is 345 g/mol. The molecule has 120 valence electrons. The molecular weight excluding hydrogens is 326 g/mol. The van der Waals surface area contributed by atoms with Crippen molar-refractivity contribution in [1.29, 1.82) is 0 Å². The van der Waals surface area contributed by atoms with Gasteiger partial charge in [-0.05, 0) is 25.3 Å². The van der Waals surface area contributed by atoms with E-state index < -0.39 is 0 Å². The van der Waals surface area contributed by atoms with Crippen molar-refractivity contribution in [3.8, 4) is 5.75 Å². The van der Waals surface area contributed by atoms with E-state index in [2.05, 4.69) is 42.6 Å². The largest absolute Gasteiger partial charge is 0.495 e. The number of hydrogen-bond acceptors (Lipinski definition) is 4. The second-order valence-electron chi connectivity index (χ2n) is 5.41. The van der Waals surface area contributed by atoms with Crippen LogP contribution in [0.5, 0.6) is 5.75 Å². The van der Waals surface area contributed by atoms with E-state index in [1.807, 2.05) is 12.3 Å². The number of fused-ring (bicyclic) bond motifs is 1. The molecule has 5 heteroatoms. The van der Waals surface area contributed by atoms with Crippen LogP contribution in [-0.4, -0.2) is 25.0 Å². The Bertz CT molecular complexity index is 746. The number of para-hydroxylation sites is 1. The normalized spacial score (nSPS) is 17.2. The van der Waals surface area contributed by atoms with Gasteiger partial charge in [-0.25, -0.2) is 0 Å². The van der Waals surface area contributed by atoms with E-state index in [0.717, 1.165) is 27.5 Å². The van der Waals surface area contributed by atoms with Crippen molar-refractivity contribution in [1.82, 2.24) is 0 Å². The number of aryl methyl sites for hydroxylation is 1. The van der Waals surface area contributed by atoms with Crippen molar-refractivity contribution in [3.05, 3.63) is 53.1 Å². The van der Waals surface area contributed by atoms with Crippen LogP contribution in [-0.2, 0) is 4.74 Å². The lowest BCUT2D eigenvalue weighted by molar-refractivity contribution is 0.113. The summed E-state index contributed by atoms with van der Waals surface area (Å²) in [6.07, 6.45) is 1.84. The maximum absolute atomic E-state index is 6.13. The van der Waals surface area contributed by atoms with Gasteiger partial charge in [0.2, 0.25) is 0 Å². The molecule has 1 heterocycles. The van der Waals surface area contributed by atoms with Crippen molar-refractivity contribution in [3.63, 3.8) is 0 Å². The molecule has 0 fully saturated rings.